The van der Waals surface area contributed by atoms with Crippen LogP contribution in [0.4, 0.5) is 4.79 Å². The molecule has 1 saturated heterocycles. The first kappa shape index (κ1) is 11.3. The molecule has 0 aliphatic carbocycles. The first-order chi connectivity index (χ1) is 6.75. The third-order valence-corrected chi connectivity index (χ3v) is 2.81. The van der Waals surface area contributed by atoms with Crippen LogP contribution in [0.2, 0.25) is 0 Å². The Morgan fingerprint density at radius 1 is 1.64 bits per heavy atom. The molecule has 0 spiro atoms. The van der Waals surface area contributed by atoms with Gasteiger partial charge in [-0.1, -0.05) is 0 Å². The van der Waals surface area contributed by atoms with E-state index in [4.69, 9.17) is 5.73 Å². The standard InChI is InChI=1S/C8H14N2O3S/c9-2-1-5-14-6-7(11)10-3-4-13-8(10)12/h1-6,9H2. The van der Waals surface area contributed by atoms with Gasteiger partial charge < -0.3 is 10.5 Å². The Balaban J connectivity index is 2.18. The Bertz CT molecular complexity index is 223. The molecule has 1 heterocycles. The molecule has 0 saturated carbocycles. The molecule has 2 amide bonds. The van der Waals surface area contributed by atoms with Gasteiger partial charge in [0.2, 0.25) is 5.91 Å². The van der Waals surface area contributed by atoms with Crippen molar-refractivity contribution in [1.29, 1.82) is 0 Å². The Hall–Kier alpha value is -0.750. The second-order valence-electron chi connectivity index (χ2n) is 2.85. The monoisotopic (exact) mass is 218 g/mol. The number of carbonyl (C=O) groups is 2. The van der Waals surface area contributed by atoms with Crippen molar-refractivity contribution in [2.24, 2.45) is 5.73 Å². The van der Waals surface area contributed by atoms with Crippen LogP contribution >= 0.6 is 11.8 Å². The van der Waals surface area contributed by atoms with Crippen molar-refractivity contribution in [3.05, 3.63) is 0 Å². The summed E-state index contributed by atoms with van der Waals surface area (Å²) < 4.78 is 4.65. The first-order valence-electron chi connectivity index (χ1n) is 4.50. The van der Waals surface area contributed by atoms with Crippen LogP contribution in [0.15, 0.2) is 0 Å². The van der Waals surface area contributed by atoms with E-state index in [1.165, 1.54) is 11.8 Å². The van der Waals surface area contributed by atoms with Crippen LogP contribution in [0.3, 0.4) is 0 Å². The van der Waals surface area contributed by atoms with Crippen LogP contribution in [0.5, 0.6) is 0 Å². The average molecular weight is 218 g/mol. The van der Waals surface area contributed by atoms with Gasteiger partial charge in [0.1, 0.15) is 6.61 Å². The summed E-state index contributed by atoms with van der Waals surface area (Å²) in [6.07, 6.45) is 0.372. The summed E-state index contributed by atoms with van der Waals surface area (Å²) >= 11 is 1.50. The SMILES string of the molecule is NCCCSCC(=O)N1CCOC1=O. The van der Waals surface area contributed by atoms with E-state index in [9.17, 15) is 9.59 Å². The van der Waals surface area contributed by atoms with Gasteiger partial charge in [0.15, 0.2) is 0 Å². The predicted molar refractivity (Wildman–Crippen MR) is 54.1 cm³/mol. The number of thioether (sulfide) groups is 1. The number of hydrogen-bond donors (Lipinski definition) is 1. The normalized spacial score (nSPS) is 15.8. The van der Waals surface area contributed by atoms with Crippen molar-refractivity contribution in [3.8, 4) is 0 Å². The van der Waals surface area contributed by atoms with Crippen LogP contribution in [0, 0.1) is 0 Å². The molecule has 0 aromatic heterocycles. The Kier molecular flexibility index (Phi) is 4.75. The highest BCUT2D eigenvalue weighted by Crippen LogP contribution is 2.08. The number of cyclic esters (lactones) is 1. The van der Waals surface area contributed by atoms with Crippen molar-refractivity contribution in [1.82, 2.24) is 4.90 Å². The molecule has 0 radical (unpaired) electrons. The smallest absolute Gasteiger partial charge is 0.416 e. The summed E-state index contributed by atoms with van der Waals surface area (Å²) in [5.41, 5.74) is 5.31. The summed E-state index contributed by atoms with van der Waals surface area (Å²) in [4.78, 5) is 23.5. The molecular weight excluding hydrogens is 204 g/mol. The number of amides is 2. The summed E-state index contributed by atoms with van der Waals surface area (Å²) in [7, 11) is 0. The number of nitrogens with two attached hydrogens (primary N) is 1. The minimum absolute atomic E-state index is 0.172. The zero-order valence-corrected chi connectivity index (χ0v) is 8.72. The molecule has 0 bridgehead atoms. The summed E-state index contributed by atoms with van der Waals surface area (Å²) in [6.45, 7) is 1.33. The third-order valence-electron chi connectivity index (χ3n) is 1.78. The van der Waals surface area contributed by atoms with Gasteiger partial charge in [-0.25, -0.2) is 9.69 Å². The topological polar surface area (TPSA) is 72.6 Å². The maximum atomic E-state index is 11.4. The van der Waals surface area contributed by atoms with E-state index in [-0.39, 0.29) is 5.91 Å². The largest absolute Gasteiger partial charge is 0.447 e. The van der Waals surface area contributed by atoms with Crippen LogP contribution in [-0.4, -0.2) is 48.1 Å². The van der Waals surface area contributed by atoms with E-state index < -0.39 is 6.09 Å². The average Bonchev–Trinajstić information content (AvgIpc) is 2.59. The lowest BCUT2D eigenvalue weighted by Crippen LogP contribution is -2.33. The Labute approximate surface area is 86.9 Å². The molecule has 0 unspecified atom stereocenters. The molecule has 1 fully saturated rings. The van der Waals surface area contributed by atoms with Gasteiger partial charge in [-0.05, 0) is 18.7 Å². The van der Waals surface area contributed by atoms with Gasteiger partial charge in [-0.2, -0.15) is 11.8 Å². The quantitative estimate of drug-likeness (QED) is 0.660. The second kappa shape index (κ2) is 5.87. The molecule has 6 heteroatoms. The molecule has 14 heavy (non-hydrogen) atoms. The fourth-order valence-corrected chi connectivity index (χ4v) is 1.89. The Morgan fingerprint density at radius 2 is 2.43 bits per heavy atom. The maximum absolute atomic E-state index is 11.4. The summed E-state index contributed by atoms with van der Waals surface area (Å²) in [5, 5.41) is 0. The van der Waals surface area contributed by atoms with E-state index in [1.54, 1.807) is 0 Å². The van der Waals surface area contributed by atoms with Crippen molar-refractivity contribution in [3.63, 3.8) is 0 Å². The van der Waals surface area contributed by atoms with Crippen LogP contribution in [0.25, 0.3) is 0 Å². The van der Waals surface area contributed by atoms with Crippen molar-refractivity contribution in [2.75, 3.05) is 31.2 Å². The summed E-state index contributed by atoms with van der Waals surface area (Å²) in [5.74, 6) is 1.01. The van der Waals surface area contributed by atoms with Gasteiger partial charge in [0.25, 0.3) is 0 Å². The predicted octanol–water partition coefficient (Wildman–Crippen LogP) is 0.0472. The van der Waals surface area contributed by atoms with Crippen LogP contribution in [-0.2, 0) is 9.53 Å². The molecule has 2 N–H and O–H groups in total. The lowest BCUT2D eigenvalue weighted by Gasteiger charge is -2.09. The fourth-order valence-electron chi connectivity index (χ4n) is 1.04. The molecule has 0 atom stereocenters. The molecular formula is C8H14N2O3S. The number of ether oxygens (including phenoxy) is 1. The van der Waals surface area contributed by atoms with Crippen molar-refractivity contribution < 1.29 is 14.3 Å². The minimum atomic E-state index is -0.519. The number of nitrogens with zero attached hydrogens (tertiary/aromatic N) is 1. The molecule has 1 aliphatic heterocycles. The highest BCUT2D eigenvalue weighted by molar-refractivity contribution is 7.99. The number of hydrogen-bond acceptors (Lipinski definition) is 5. The lowest BCUT2D eigenvalue weighted by molar-refractivity contribution is -0.124. The van der Waals surface area contributed by atoms with Crippen LogP contribution in [0.1, 0.15) is 6.42 Å². The van der Waals surface area contributed by atoms with Crippen LogP contribution < -0.4 is 5.73 Å². The van der Waals surface area contributed by atoms with Crippen molar-refractivity contribution >= 4 is 23.8 Å². The third kappa shape index (κ3) is 3.19. The van der Waals surface area contributed by atoms with E-state index in [1.807, 2.05) is 0 Å². The van der Waals surface area contributed by atoms with Gasteiger partial charge in [-0.15, -0.1) is 0 Å². The minimum Gasteiger partial charge on any atom is -0.447 e. The highest BCUT2D eigenvalue weighted by Gasteiger charge is 2.27. The van der Waals surface area contributed by atoms with Crippen molar-refractivity contribution in [2.45, 2.75) is 6.42 Å². The number of imide groups is 1. The van der Waals surface area contributed by atoms with Gasteiger partial charge in [0, 0.05) is 0 Å². The molecule has 0 aromatic carbocycles. The van der Waals surface area contributed by atoms with Gasteiger partial charge >= 0.3 is 6.09 Å². The van der Waals surface area contributed by atoms with Gasteiger partial charge in [-0.3, -0.25) is 4.79 Å². The first-order valence-corrected chi connectivity index (χ1v) is 5.66. The van der Waals surface area contributed by atoms with Gasteiger partial charge in [0.05, 0.1) is 12.3 Å². The zero-order chi connectivity index (χ0) is 10.4. The van der Waals surface area contributed by atoms with E-state index >= 15 is 0 Å². The molecule has 80 valence electrons. The molecule has 5 nitrogen and oxygen atoms in total. The van der Waals surface area contributed by atoms with E-state index in [0.29, 0.717) is 25.4 Å². The number of carbonyl (C=O) groups excluding carboxylic acids is 2. The Morgan fingerprint density at radius 3 is 3.00 bits per heavy atom. The fraction of sp³-hybridized carbons (Fsp3) is 0.750. The number of rotatable bonds is 5. The summed E-state index contributed by atoms with van der Waals surface area (Å²) in [6, 6.07) is 0. The van der Waals surface area contributed by atoms with E-state index in [0.717, 1.165) is 17.1 Å². The lowest BCUT2D eigenvalue weighted by atomic mass is 10.5. The molecule has 1 aliphatic rings. The second-order valence-corrected chi connectivity index (χ2v) is 3.96. The maximum Gasteiger partial charge on any atom is 0.416 e. The zero-order valence-electron chi connectivity index (χ0n) is 7.90. The molecule has 1 rings (SSSR count). The highest BCUT2D eigenvalue weighted by atomic mass is 32.2. The van der Waals surface area contributed by atoms with E-state index in [2.05, 4.69) is 4.74 Å². The molecule has 0 aromatic rings.